The minimum Gasteiger partial charge on any atom is -0.490 e. The molecule has 0 N–H and O–H groups in total. The molecular weight excluding hydrogens is 298 g/mol. The summed E-state index contributed by atoms with van der Waals surface area (Å²) in [5.74, 6) is 0.734. The highest BCUT2D eigenvalue weighted by Gasteiger charge is 2.20. The summed E-state index contributed by atoms with van der Waals surface area (Å²) in [6.07, 6.45) is 1.67. The molecule has 0 atom stereocenters. The van der Waals surface area contributed by atoms with Crippen LogP contribution in [0.3, 0.4) is 0 Å². The minimum atomic E-state index is -3.47. The van der Waals surface area contributed by atoms with E-state index < -0.39 is 10.0 Å². The van der Waals surface area contributed by atoms with Gasteiger partial charge in [0.15, 0.2) is 0 Å². The van der Waals surface area contributed by atoms with E-state index >= 15 is 0 Å². The zero-order valence-electron chi connectivity index (χ0n) is 12.5. The van der Waals surface area contributed by atoms with Crippen molar-refractivity contribution in [3.63, 3.8) is 0 Å². The summed E-state index contributed by atoms with van der Waals surface area (Å²) in [6, 6.07) is 15.8. The van der Waals surface area contributed by atoms with Crippen molar-refractivity contribution in [3.05, 3.63) is 72.8 Å². The topological polar surface area (TPSA) is 46.6 Å². The summed E-state index contributed by atoms with van der Waals surface area (Å²) in [7, 11) is -1.90. The Bertz CT molecular complexity index is 709. The largest absolute Gasteiger partial charge is 0.490 e. The van der Waals surface area contributed by atoms with Gasteiger partial charge < -0.3 is 4.74 Å². The Morgan fingerprint density at radius 2 is 1.73 bits per heavy atom. The van der Waals surface area contributed by atoms with Crippen molar-refractivity contribution < 1.29 is 13.2 Å². The summed E-state index contributed by atoms with van der Waals surface area (Å²) < 4.78 is 31.6. The summed E-state index contributed by atoms with van der Waals surface area (Å²) in [4.78, 5) is 0.295. The first kappa shape index (κ1) is 16.3. The average Bonchev–Trinajstić information content (AvgIpc) is 2.55. The van der Waals surface area contributed by atoms with Gasteiger partial charge in [0.1, 0.15) is 12.4 Å². The molecule has 0 aliphatic carbocycles. The van der Waals surface area contributed by atoms with Gasteiger partial charge in [0.05, 0.1) is 4.90 Å². The van der Waals surface area contributed by atoms with Crippen LogP contribution in [-0.4, -0.2) is 26.4 Å². The Kier molecular flexibility index (Phi) is 5.35. The van der Waals surface area contributed by atoms with Gasteiger partial charge in [0.25, 0.3) is 0 Å². The van der Waals surface area contributed by atoms with Gasteiger partial charge in [-0.3, -0.25) is 0 Å². The first-order valence-corrected chi connectivity index (χ1v) is 8.32. The van der Waals surface area contributed by atoms with E-state index in [0.717, 1.165) is 11.3 Å². The highest BCUT2D eigenvalue weighted by molar-refractivity contribution is 7.89. The van der Waals surface area contributed by atoms with Crippen molar-refractivity contribution in [3.8, 4) is 5.75 Å². The van der Waals surface area contributed by atoms with Gasteiger partial charge in [-0.05, 0) is 29.8 Å². The molecule has 2 rings (SSSR count). The first-order chi connectivity index (χ1) is 10.5. The van der Waals surface area contributed by atoms with Crippen molar-refractivity contribution in [1.29, 1.82) is 0 Å². The van der Waals surface area contributed by atoms with E-state index in [1.54, 1.807) is 43.5 Å². The molecule has 0 aromatic heterocycles. The molecule has 22 heavy (non-hydrogen) atoms. The first-order valence-electron chi connectivity index (χ1n) is 6.88. The molecule has 0 unspecified atom stereocenters. The number of hydrogen-bond donors (Lipinski definition) is 0. The van der Waals surface area contributed by atoms with E-state index in [2.05, 4.69) is 6.58 Å². The molecule has 0 bridgehead atoms. The summed E-state index contributed by atoms with van der Waals surface area (Å²) in [5, 5.41) is 0. The normalized spacial score (nSPS) is 11.4. The van der Waals surface area contributed by atoms with Crippen LogP contribution >= 0.6 is 0 Å². The third-order valence-electron chi connectivity index (χ3n) is 3.15. The summed E-state index contributed by atoms with van der Waals surface area (Å²) in [6.45, 7) is 4.34. The van der Waals surface area contributed by atoms with Crippen LogP contribution in [0.1, 0.15) is 5.56 Å². The summed E-state index contributed by atoms with van der Waals surface area (Å²) >= 11 is 0. The Labute approximate surface area is 131 Å². The van der Waals surface area contributed by atoms with Gasteiger partial charge in [-0.25, -0.2) is 8.42 Å². The van der Waals surface area contributed by atoms with Gasteiger partial charge in [0.2, 0.25) is 10.0 Å². The maximum absolute atomic E-state index is 12.4. The van der Waals surface area contributed by atoms with Gasteiger partial charge >= 0.3 is 0 Å². The quantitative estimate of drug-likeness (QED) is 0.737. The molecule has 0 heterocycles. The lowest BCUT2D eigenvalue weighted by Crippen LogP contribution is -2.26. The molecule has 0 amide bonds. The fourth-order valence-corrected chi connectivity index (χ4v) is 3.14. The van der Waals surface area contributed by atoms with E-state index in [9.17, 15) is 8.42 Å². The molecule has 2 aromatic rings. The fraction of sp³-hybridized carbons (Fsp3) is 0.176. The average molecular weight is 317 g/mol. The second-order valence-electron chi connectivity index (χ2n) is 4.82. The smallest absolute Gasteiger partial charge is 0.243 e. The van der Waals surface area contributed by atoms with Crippen molar-refractivity contribution >= 4 is 10.0 Å². The monoisotopic (exact) mass is 317 g/mol. The molecule has 0 fully saturated rings. The van der Waals surface area contributed by atoms with E-state index in [-0.39, 0.29) is 0 Å². The second-order valence-corrected chi connectivity index (χ2v) is 6.86. The van der Waals surface area contributed by atoms with Crippen molar-refractivity contribution in [1.82, 2.24) is 4.31 Å². The molecular formula is C17H19NO3S. The van der Waals surface area contributed by atoms with Gasteiger partial charge in [-0.1, -0.05) is 43.0 Å². The van der Waals surface area contributed by atoms with Gasteiger partial charge in [0, 0.05) is 13.6 Å². The number of rotatable bonds is 7. The Balaban J connectivity index is 2.08. The molecule has 0 saturated heterocycles. The number of benzene rings is 2. The molecule has 0 aliphatic heterocycles. The highest BCUT2D eigenvalue weighted by Crippen LogP contribution is 2.18. The molecule has 116 valence electrons. The lowest BCUT2D eigenvalue weighted by molar-refractivity contribution is 0.363. The van der Waals surface area contributed by atoms with Crippen LogP contribution in [0.4, 0.5) is 0 Å². The summed E-state index contributed by atoms with van der Waals surface area (Å²) in [5.41, 5.74) is 0.896. The third kappa shape index (κ3) is 3.96. The van der Waals surface area contributed by atoms with Crippen molar-refractivity contribution in [2.24, 2.45) is 0 Å². The maximum Gasteiger partial charge on any atom is 0.243 e. The predicted octanol–water partition coefficient (Wildman–Crippen LogP) is 3.07. The zero-order valence-corrected chi connectivity index (χ0v) is 13.3. The van der Waals surface area contributed by atoms with Gasteiger partial charge in [-0.2, -0.15) is 4.31 Å². The van der Waals surface area contributed by atoms with E-state index in [1.165, 1.54) is 4.31 Å². The SMILES string of the molecule is C=CCOc1ccc(CN(C)S(=O)(=O)c2ccccc2)cc1. The minimum absolute atomic E-state index is 0.295. The lowest BCUT2D eigenvalue weighted by Gasteiger charge is -2.17. The number of sulfonamides is 1. The van der Waals surface area contributed by atoms with Crippen LogP contribution in [-0.2, 0) is 16.6 Å². The van der Waals surface area contributed by atoms with Crippen LogP contribution in [0.25, 0.3) is 0 Å². The molecule has 0 saturated carbocycles. The molecule has 0 radical (unpaired) electrons. The van der Waals surface area contributed by atoms with E-state index in [1.807, 2.05) is 24.3 Å². The molecule has 2 aromatic carbocycles. The third-order valence-corrected chi connectivity index (χ3v) is 4.97. The Morgan fingerprint density at radius 1 is 1.09 bits per heavy atom. The van der Waals surface area contributed by atoms with E-state index in [0.29, 0.717) is 18.0 Å². The van der Waals surface area contributed by atoms with Crippen LogP contribution in [0, 0.1) is 0 Å². The zero-order chi connectivity index (χ0) is 16.0. The van der Waals surface area contributed by atoms with Crippen LogP contribution in [0.2, 0.25) is 0 Å². The molecule has 0 spiro atoms. The van der Waals surface area contributed by atoms with Crippen molar-refractivity contribution in [2.45, 2.75) is 11.4 Å². The lowest BCUT2D eigenvalue weighted by atomic mass is 10.2. The van der Waals surface area contributed by atoms with Gasteiger partial charge in [-0.15, -0.1) is 0 Å². The molecule has 4 nitrogen and oxygen atoms in total. The Morgan fingerprint density at radius 3 is 2.32 bits per heavy atom. The molecule has 5 heteroatoms. The van der Waals surface area contributed by atoms with Crippen LogP contribution in [0.5, 0.6) is 5.75 Å². The molecule has 0 aliphatic rings. The van der Waals surface area contributed by atoms with Crippen LogP contribution in [0.15, 0.2) is 72.1 Å². The van der Waals surface area contributed by atoms with Crippen molar-refractivity contribution in [2.75, 3.05) is 13.7 Å². The highest BCUT2D eigenvalue weighted by atomic mass is 32.2. The van der Waals surface area contributed by atoms with Crippen LogP contribution < -0.4 is 4.74 Å². The predicted molar refractivity (Wildman–Crippen MR) is 87.2 cm³/mol. The number of ether oxygens (including phenoxy) is 1. The second kappa shape index (κ2) is 7.24. The number of hydrogen-bond acceptors (Lipinski definition) is 3. The standard InChI is InChI=1S/C17H19NO3S/c1-3-13-21-16-11-9-15(10-12-16)14-18(2)22(19,20)17-7-5-4-6-8-17/h3-12H,1,13-14H2,2H3. The maximum atomic E-state index is 12.4. The van der Waals surface area contributed by atoms with E-state index in [4.69, 9.17) is 4.74 Å². The number of nitrogens with zero attached hydrogens (tertiary/aromatic N) is 1. The fourth-order valence-electron chi connectivity index (χ4n) is 1.96. The Hall–Kier alpha value is -2.11.